The molecule has 0 radical (unpaired) electrons. The van der Waals surface area contributed by atoms with Gasteiger partial charge in [0.25, 0.3) is 0 Å². The number of hydrogen-bond donors (Lipinski definition) is 1. The van der Waals surface area contributed by atoms with Gasteiger partial charge in [-0.1, -0.05) is 5.16 Å². The molecule has 2 N–H and O–H groups in total. The molecule has 14 heavy (non-hydrogen) atoms. The first-order chi connectivity index (χ1) is 6.86. The molecule has 2 rings (SSSR count). The molecule has 5 nitrogen and oxygen atoms in total. The maximum atomic E-state index is 5.58. The molecule has 0 fully saturated rings. The van der Waals surface area contributed by atoms with Crippen molar-refractivity contribution >= 4 is 5.82 Å². The van der Waals surface area contributed by atoms with Gasteiger partial charge >= 0.3 is 0 Å². The van der Waals surface area contributed by atoms with Gasteiger partial charge in [0.15, 0.2) is 11.6 Å². The Morgan fingerprint density at radius 1 is 1.50 bits per heavy atom. The summed E-state index contributed by atoms with van der Waals surface area (Å²) in [5.41, 5.74) is 6.44. The highest BCUT2D eigenvalue weighted by Gasteiger charge is 2.01. The number of nitrogens with zero attached hydrogens (tertiary/aromatic N) is 2. The topological polar surface area (TPSA) is 74.2 Å². The van der Waals surface area contributed by atoms with Crippen LogP contribution in [0.1, 0.15) is 5.56 Å². The van der Waals surface area contributed by atoms with Gasteiger partial charge in [0.2, 0.25) is 0 Å². The molecule has 0 saturated heterocycles. The van der Waals surface area contributed by atoms with Crippen LogP contribution >= 0.6 is 0 Å². The number of hydrogen-bond acceptors (Lipinski definition) is 5. The third-order valence-corrected chi connectivity index (χ3v) is 1.68. The van der Waals surface area contributed by atoms with Gasteiger partial charge in [-0.15, -0.1) is 0 Å². The van der Waals surface area contributed by atoms with Crippen molar-refractivity contribution in [2.45, 2.75) is 6.61 Å². The van der Waals surface area contributed by atoms with Gasteiger partial charge in [-0.25, -0.2) is 4.98 Å². The highest BCUT2D eigenvalue weighted by Crippen LogP contribution is 2.18. The first-order valence-electron chi connectivity index (χ1n) is 4.08. The van der Waals surface area contributed by atoms with Crippen LogP contribution in [0.25, 0.3) is 0 Å². The second-order valence-corrected chi connectivity index (χ2v) is 2.71. The summed E-state index contributed by atoms with van der Waals surface area (Å²) < 4.78 is 10.0. The summed E-state index contributed by atoms with van der Waals surface area (Å²) >= 11 is 0. The van der Waals surface area contributed by atoms with Gasteiger partial charge in [0.1, 0.15) is 12.9 Å². The SMILES string of the molecule is Nc1ncccc1OCc1cnoc1. The second kappa shape index (κ2) is 3.78. The number of rotatable bonds is 3. The molecule has 0 spiro atoms. The highest BCUT2D eigenvalue weighted by molar-refractivity contribution is 5.44. The lowest BCUT2D eigenvalue weighted by atomic mass is 10.4. The molecular formula is C9H9N3O2. The third-order valence-electron chi connectivity index (χ3n) is 1.68. The number of anilines is 1. The zero-order chi connectivity index (χ0) is 9.80. The van der Waals surface area contributed by atoms with E-state index in [1.54, 1.807) is 24.5 Å². The maximum absolute atomic E-state index is 5.58. The highest BCUT2D eigenvalue weighted by atomic mass is 16.5. The fraction of sp³-hybridized carbons (Fsp3) is 0.111. The van der Waals surface area contributed by atoms with Crippen LogP contribution in [0.2, 0.25) is 0 Å². The molecule has 0 atom stereocenters. The van der Waals surface area contributed by atoms with Crippen LogP contribution in [0.4, 0.5) is 5.82 Å². The Bertz CT molecular complexity index is 400. The second-order valence-electron chi connectivity index (χ2n) is 2.71. The maximum Gasteiger partial charge on any atom is 0.166 e. The van der Waals surface area contributed by atoms with Crippen LogP contribution in [0, 0.1) is 0 Å². The molecule has 0 aliphatic heterocycles. The van der Waals surface area contributed by atoms with Crippen molar-refractivity contribution in [2.75, 3.05) is 5.73 Å². The fourth-order valence-corrected chi connectivity index (χ4v) is 0.984. The van der Waals surface area contributed by atoms with E-state index in [0.29, 0.717) is 18.2 Å². The van der Waals surface area contributed by atoms with Crippen molar-refractivity contribution in [1.82, 2.24) is 10.1 Å². The largest absolute Gasteiger partial charge is 0.485 e. The molecule has 5 heteroatoms. The Kier molecular flexibility index (Phi) is 2.31. The van der Waals surface area contributed by atoms with E-state index in [2.05, 4.69) is 14.7 Å². The standard InChI is InChI=1S/C9H9N3O2/c10-9-8(2-1-3-11-9)13-5-7-4-12-14-6-7/h1-4,6H,5H2,(H2,10,11). The Hall–Kier alpha value is -2.04. The summed E-state index contributed by atoms with van der Waals surface area (Å²) in [4.78, 5) is 3.89. The quantitative estimate of drug-likeness (QED) is 0.789. The van der Waals surface area contributed by atoms with Crippen LogP contribution in [0.15, 0.2) is 35.3 Å². The smallest absolute Gasteiger partial charge is 0.166 e. The first-order valence-corrected chi connectivity index (χ1v) is 4.08. The molecule has 72 valence electrons. The zero-order valence-electron chi connectivity index (χ0n) is 7.38. The van der Waals surface area contributed by atoms with Crippen molar-refractivity contribution < 1.29 is 9.26 Å². The number of ether oxygens (including phenoxy) is 1. The minimum absolute atomic E-state index is 0.374. The molecule has 2 aromatic heterocycles. The van der Waals surface area contributed by atoms with Crippen molar-refractivity contribution in [3.63, 3.8) is 0 Å². The first kappa shape index (κ1) is 8.55. The number of nitrogens with two attached hydrogens (primary N) is 1. The van der Waals surface area contributed by atoms with Crippen LogP contribution in [-0.4, -0.2) is 10.1 Å². The van der Waals surface area contributed by atoms with E-state index < -0.39 is 0 Å². The molecule has 0 aliphatic carbocycles. The summed E-state index contributed by atoms with van der Waals surface area (Å²) in [6, 6.07) is 3.52. The molecule has 0 aromatic carbocycles. The Morgan fingerprint density at radius 2 is 2.43 bits per heavy atom. The monoisotopic (exact) mass is 191 g/mol. The average Bonchev–Trinajstić information content (AvgIpc) is 2.69. The predicted octanol–water partition coefficient (Wildman–Crippen LogP) is 1.23. The normalized spacial score (nSPS) is 10.0. The van der Waals surface area contributed by atoms with Crippen LogP contribution in [-0.2, 0) is 6.61 Å². The summed E-state index contributed by atoms with van der Waals surface area (Å²) in [6.45, 7) is 0.374. The Labute approximate surface area is 80.5 Å². The summed E-state index contributed by atoms with van der Waals surface area (Å²) in [5.74, 6) is 0.942. The van der Waals surface area contributed by atoms with Crippen molar-refractivity contribution in [3.8, 4) is 5.75 Å². The van der Waals surface area contributed by atoms with E-state index in [-0.39, 0.29) is 0 Å². The predicted molar refractivity (Wildman–Crippen MR) is 49.5 cm³/mol. The van der Waals surface area contributed by atoms with Crippen molar-refractivity contribution in [1.29, 1.82) is 0 Å². The van der Waals surface area contributed by atoms with E-state index in [1.165, 1.54) is 6.26 Å². The van der Waals surface area contributed by atoms with Gasteiger partial charge in [0.05, 0.1) is 6.20 Å². The van der Waals surface area contributed by atoms with E-state index >= 15 is 0 Å². The minimum Gasteiger partial charge on any atom is -0.485 e. The van der Waals surface area contributed by atoms with E-state index in [0.717, 1.165) is 5.56 Å². The lowest BCUT2D eigenvalue weighted by Gasteiger charge is -2.05. The number of nitrogen functional groups attached to an aromatic ring is 1. The van der Waals surface area contributed by atoms with Crippen molar-refractivity contribution in [2.24, 2.45) is 0 Å². The molecule has 0 saturated carbocycles. The molecule has 0 amide bonds. The molecular weight excluding hydrogens is 182 g/mol. The molecule has 2 heterocycles. The van der Waals surface area contributed by atoms with Crippen LogP contribution < -0.4 is 10.5 Å². The fourth-order valence-electron chi connectivity index (χ4n) is 0.984. The summed E-state index contributed by atoms with van der Waals surface area (Å²) in [5, 5.41) is 3.56. The molecule has 2 aromatic rings. The van der Waals surface area contributed by atoms with Crippen LogP contribution in [0.5, 0.6) is 5.75 Å². The summed E-state index contributed by atoms with van der Waals surface area (Å²) in [6.07, 6.45) is 4.72. The van der Waals surface area contributed by atoms with Crippen LogP contribution in [0.3, 0.4) is 0 Å². The van der Waals surface area contributed by atoms with Gasteiger partial charge in [-0.3, -0.25) is 0 Å². The zero-order valence-corrected chi connectivity index (χ0v) is 7.38. The Balaban J connectivity index is 2.02. The Morgan fingerprint density at radius 3 is 3.14 bits per heavy atom. The van der Waals surface area contributed by atoms with E-state index in [4.69, 9.17) is 10.5 Å². The third kappa shape index (κ3) is 1.82. The lowest BCUT2D eigenvalue weighted by molar-refractivity contribution is 0.305. The van der Waals surface area contributed by atoms with Gasteiger partial charge in [-0.2, -0.15) is 0 Å². The van der Waals surface area contributed by atoms with Crippen molar-refractivity contribution in [3.05, 3.63) is 36.4 Å². The number of aromatic nitrogens is 2. The van der Waals surface area contributed by atoms with E-state index in [9.17, 15) is 0 Å². The minimum atomic E-state index is 0.374. The average molecular weight is 191 g/mol. The lowest BCUT2D eigenvalue weighted by Crippen LogP contribution is -1.99. The molecule has 0 unspecified atom stereocenters. The van der Waals surface area contributed by atoms with Gasteiger partial charge in [-0.05, 0) is 12.1 Å². The van der Waals surface area contributed by atoms with Gasteiger partial charge < -0.3 is 15.0 Å². The molecule has 0 aliphatic rings. The van der Waals surface area contributed by atoms with Gasteiger partial charge in [0, 0.05) is 11.8 Å². The van der Waals surface area contributed by atoms with E-state index in [1.807, 2.05) is 0 Å². The number of pyridine rings is 1. The molecule has 0 bridgehead atoms. The summed E-state index contributed by atoms with van der Waals surface area (Å²) in [7, 11) is 0.